The maximum Gasteiger partial charge on any atom is 0.311 e. The fourth-order valence-corrected chi connectivity index (χ4v) is 3.72. The molecular formula is C21H26N3O6+. The number of nitrogens with one attached hydrogen (secondary N) is 2. The second-order valence-electron chi connectivity index (χ2n) is 7.22. The van der Waals surface area contributed by atoms with Crippen molar-refractivity contribution < 1.29 is 28.8 Å². The van der Waals surface area contributed by atoms with E-state index in [1.807, 2.05) is 12.1 Å². The van der Waals surface area contributed by atoms with Gasteiger partial charge in [0.15, 0.2) is 23.8 Å². The molecule has 1 unspecified atom stereocenters. The second kappa shape index (κ2) is 9.00. The van der Waals surface area contributed by atoms with Gasteiger partial charge in [0.2, 0.25) is 0 Å². The quantitative estimate of drug-likeness (QED) is 0.524. The van der Waals surface area contributed by atoms with Crippen LogP contribution in [-0.2, 0) is 17.8 Å². The predicted molar refractivity (Wildman–Crippen MR) is 111 cm³/mol. The minimum absolute atomic E-state index is 0.112. The number of nitrogens with zero attached hydrogens (tertiary/aromatic N) is 1. The zero-order valence-corrected chi connectivity index (χ0v) is 17.5. The third-order valence-electron chi connectivity index (χ3n) is 5.30. The SMILES string of the molecule is COc1cc2c(cc1OC)C[NH+](CC(=O)Nc1cc(OC)c([N+](=O)[O-])cc1C)CC2. The minimum atomic E-state index is -0.504. The van der Waals surface area contributed by atoms with Gasteiger partial charge < -0.3 is 24.4 Å². The van der Waals surface area contributed by atoms with Crippen molar-refractivity contribution in [2.24, 2.45) is 0 Å². The fraction of sp³-hybridized carbons (Fsp3) is 0.381. The Morgan fingerprint density at radius 1 is 1.07 bits per heavy atom. The highest BCUT2D eigenvalue weighted by Crippen LogP contribution is 2.33. The van der Waals surface area contributed by atoms with Crippen molar-refractivity contribution >= 4 is 17.3 Å². The first kappa shape index (κ1) is 21.4. The summed E-state index contributed by atoms with van der Waals surface area (Å²) in [6.45, 7) is 3.52. The summed E-state index contributed by atoms with van der Waals surface area (Å²) in [4.78, 5) is 24.4. The van der Waals surface area contributed by atoms with Gasteiger partial charge in [0.05, 0.1) is 32.8 Å². The summed E-state index contributed by atoms with van der Waals surface area (Å²) < 4.78 is 15.8. The Bertz CT molecular complexity index is 976. The zero-order chi connectivity index (χ0) is 21.8. The van der Waals surface area contributed by atoms with E-state index in [2.05, 4.69) is 5.32 Å². The Kier molecular flexibility index (Phi) is 6.41. The largest absolute Gasteiger partial charge is 0.493 e. The van der Waals surface area contributed by atoms with Crippen LogP contribution in [0.3, 0.4) is 0 Å². The molecule has 2 aromatic rings. The van der Waals surface area contributed by atoms with Gasteiger partial charge in [-0.25, -0.2) is 0 Å². The molecule has 9 nitrogen and oxygen atoms in total. The van der Waals surface area contributed by atoms with Crippen LogP contribution in [0, 0.1) is 17.0 Å². The first-order chi connectivity index (χ1) is 14.4. The molecule has 1 amide bonds. The zero-order valence-electron chi connectivity index (χ0n) is 17.5. The lowest BCUT2D eigenvalue weighted by molar-refractivity contribution is -0.907. The van der Waals surface area contributed by atoms with Gasteiger partial charge in [0, 0.05) is 29.8 Å². The van der Waals surface area contributed by atoms with Gasteiger partial charge in [-0.3, -0.25) is 14.9 Å². The van der Waals surface area contributed by atoms with Gasteiger partial charge in [-0.15, -0.1) is 0 Å². The highest BCUT2D eigenvalue weighted by atomic mass is 16.6. The lowest BCUT2D eigenvalue weighted by Gasteiger charge is -2.26. The molecule has 0 aliphatic carbocycles. The number of nitro groups is 1. The number of hydrogen-bond donors (Lipinski definition) is 2. The molecule has 1 aliphatic heterocycles. The van der Waals surface area contributed by atoms with Gasteiger partial charge in [0.1, 0.15) is 6.54 Å². The van der Waals surface area contributed by atoms with Gasteiger partial charge in [-0.1, -0.05) is 0 Å². The molecule has 0 bridgehead atoms. The maximum atomic E-state index is 12.6. The van der Waals surface area contributed by atoms with Crippen LogP contribution in [0.4, 0.5) is 11.4 Å². The Labute approximate surface area is 174 Å². The van der Waals surface area contributed by atoms with E-state index >= 15 is 0 Å². The van der Waals surface area contributed by atoms with Crippen LogP contribution in [0.25, 0.3) is 0 Å². The van der Waals surface area contributed by atoms with E-state index in [0.717, 1.165) is 23.4 Å². The highest BCUT2D eigenvalue weighted by Gasteiger charge is 2.25. The molecule has 0 saturated carbocycles. The predicted octanol–water partition coefficient (Wildman–Crippen LogP) is 1.51. The summed E-state index contributed by atoms with van der Waals surface area (Å²) in [5, 5.41) is 14.0. The number of hydrogen-bond acceptors (Lipinski definition) is 6. The number of carbonyl (C=O) groups excluding carboxylic acids is 1. The molecule has 9 heteroatoms. The number of ether oxygens (including phenoxy) is 3. The van der Waals surface area contributed by atoms with Gasteiger partial charge >= 0.3 is 5.69 Å². The van der Waals surface area contributed by atoms with Crippen LogP contribution >= 0.6 is 0 Å². The molecule has 30 heavy (non-hydrogen) atoms. The molecule has 0 spiro atoms. The van der Waals surface area contributed by atoms with Gasteiger partial charge in [-0.05, 0) is 30.2 Å². The molecule has 160 valence electrons. The van der Waals surface area contributed by atoms with Crippen molar-refractivity contribution in [1.82, 2.24) is 0 Å². The van der Waals surface area contributed by atoms with Gasteiger partial charge in [-0.2, -0.15) is 0 Å². The van der Waals surface area contributed by atoms with Crippen LogP contribution < -0.4 is 24.4 Å². The molecule has 2 aromatic carbocycles. The van der Waals surface area contributed by atoms with Crippen molar-refractivity contribution in [3.63, 3.8) is 0 Å². The van der Waals surface area contributed by atoms with E-state index in [0.29, 0.717) is 29.3 Å². The molecular weight excluding hydrogens is 390 g/mol. The molecule has 2 N–H and O–H groups in total. The number of amides is 1. The smallest absolute Gasteiger partial charge is 0.311 e. The summed E-state index contributed by atoms with van der Waals surface area (Å²) in [6, 6.07) is 6.86. The Hall–Kier alpha value is -3.33. The number of fused-ring (bicyclic) bond motifs is 1. The number of rotatable bonds is 7. The van der Waals surface area contributed by atoms with Crippen LogP contribution in [-0.4, -0.2) is 45.2 Å². The van der Waals surface area contributed by atoms with E-state index in [1.54, 1.807) is 21.1 Å². The van der Waals surface area contributed by atoms with Crippen LogP contribution in [0.2, 0.25) is 0 Å². The Balaban J connectivity index is 1.70. The normalized spacial score (nSPS) is 15.1. The van der Waals surface area contributed by atoms with Crippen LogP contribution in [0.5, 0.6) is 17.2 Å². The third kappa shape index (κ3) is 4.46. The van der Waals surface area contributed by atoms with E-state index in [9.17, 15) is 14.9 Å². The number of anilines is 1. The number of aryl methyl sites for hydroxylation is 1. The monoisotopic (exact) mass is 416 g/mol. The number of methoxy groups -OCH3 is 3. The first-order valence-electron chi connectivity index (χ1n) is 9.56. The summed E-state index contributed by atoms with van der Waals surface area (Å²) in [6.07, 6.45) is 0.836. The lowest BCUT2D eigenvalue weighted by Crippen LogP contribution is -3.12. The summed E-state index contributed by atoms with van der Waals surface area (Å²) in [5.41, 5.74) is 3.32. The molecule has 1 atom stereocenters. The van der Waals surface area contributed by atoms with E-state index < -0.39 is 4.92 Å². The van der Waals surface area contributed by atoms with Crippen LogP contribution in [0.15, 0.2) is 24.3 Å². The van der Waals surface area contributed by atoms with Crippen molar-refractivity contribution in [3.8, 4) is 17.2 Å². The molecule has 0 saturated heterocycles. The van der Waals surface area contributed by atoms with Gasteiger partial charge in [0.25, 0.3) is 5.91 Å². The number of nitro benzene ring substituents is 1. The Morgan fingerprint density at radius 2 is 1.70 bits per heavy atom. The number of benzene rings is 2. The third-order valence-corrected chi connectivity index (χ3v) is 5.30. The summed E-state index contributed by atoms with van der Waals surface area (Å²) in [5.74, 6) is 1.34. The average Bonchev–Trinajstić information content (AvgIpc) is 2.73. The summed E-state index contributed by atoms with van der Waals surface area (Å²) >= 11 is 0. The Morgan fingerprint density at radius 3 is 2.30 bits per heavy atom. The molecule has 0 aromatic heterocycles. The lowest BCUT2D eigenvalue weighted by atomic mass is 9.99. The van der Waals surface area contributed by atoms with Crippen molar-refractivity contribution in [2.75, 3.05) is 39.7 Å². The van der Waals surface area contributed by atoms with E-state index in [4.69, 9.17) is 14.2 Å². The number of carbonyl (C=O) groups is 1. The van der Waals surface area contributed by atoms with Crippen LogP contribution in [0.1, 0.15) is 16.7 Å². The molecule has 3 rings (SSSR count). The standard InChI is InChI=1S/C21H25N3O6/c1-13-7-17(24(26)27)18(28-2)10-16(13)22-21(25)12-23-6-5-14-8-19(29-3)20(30-4)9-15(14)11-23/h7-10H,5-6,11-12H2,1-4H3,(H,22,25)/p+1. The molecule has 0 radical (unpaired) electrons. The van der Waals surface area contributed by atoms with Crippen molar-refractivity contribution in [1.29, 1.82) is 0 Å². The molecule has 1 aliphatic rings. The van der Waals surface area contributed by atoms with Crippen molar-refractivity contribution in [3.05, 3.63) is 51.1 Å². The summed E-state index contributed by atoms with van der Waals surface area (Å²) in [7, 11) is 4.58. The minimum Gasteiger partial charge on any atom is -0.493 e. The average molecular weight is 416 g/mol. The van der Waals surface area contributed by atoms with E-state index in [1.165, 1.54) is 24.8 Å². The second-order valence-corrected chi connectivity index (χ2v) is 7.22. The molecule has 0 fully saturated rings. The van der Waals surface area contributed by atoms with E-state index in [-0.39, 0.29) is 23.9 Å². The molecule has 1 heterocycles. The fourth-order valence-electron chi connectivity index (χ4n) is 3.72. The topological polar surface area (TPSA) is 104 Å². The highest BCUT2D eigenvalue weighted by molar-refractivity contribution is 5.92. The van der Waals surface area contributed by atoms with Crippen molar-refractivity contribution in [2.45, 2.75) is 19.9 Å². The maximum absolute atomic E-state index is 12.6. The number of quaternary nitrogens is 1. The first-order valence-corrected chi connectivity index (χ1v) is 9.56.